The van der Waals surface area contributed by atoms with E-state index in [0.29, 0.717) is 133 Å². The first-order valence-corrected chi connectivity index (χ1v) is 28.3. The smallest absolute Gasteiger partial charge is 0.279 e. The van der Waals surface area contributed by atoms with E-state index in [2.05, 4.69) is 9.97 Å². The standard InChI is InChI=1S/C60H30N12O4S4/c1-5-25-41-33(17-1)61-57(77-41)73-37-21-9-13-29-45(37)53-65-49(29)70-54-47-31(15-11-23-39(47)75-59-63-35-19-3-7-27-43(35)79-59)51(67-54)72-56-48-32(16-12-24-40(48)76-60-64-36-20-4-8-28-44(36)80-60)52(68-56)71-55-46-30(50(66-55)69-53)14-10-22-38(46)74-58-62-34-18-2-6-26-42(34)78-58/h1-28H,(H2,65,66,67,68,69,70,71,72). The Kier molecular flexibility index (Phi) is 9.95. The second-order valence-electron chi connectivity index (χ2n) is 18.5. The second-order valence-corrected chi connectivity index (χ2v) is 22.5. The van der Waals surface area contributed by atoms with Crippen LogP contribution >= 0.6 is 45.3 Å². The quantitative estimate of drug-likeness (QED) is 0.146. The van der Waals surface area contributed by atoms with Crippen LogP contribution in [0.5, 0.6) is 43.8 Å². The first-order chi connectivity index (χ1) is 39.5. The number of aromatic amines is 2. The van der Waals surface area contributed by atoms with Gasteiger partial charge >= 0.3 is 0 Å². The molecule has 80 heavy (non-hydrogen) atoms. The summed E-state index contributed by atoms with van der Waals surface area (Å²) >= 11 is 5.81. The Bertz CT molecular complexity index is 4820. The molecule has 9 heterocycles. The Labute approximate surface area is 465 Å². The minimum atomic E-state index is 0.331. The molecule has 0 saturated carbocycles. The third-order valence-electron chi connectivity index (χ3n) is 13.7. The molecule has 0 saturated heterocycles. The van der Waals surface area contributed by atoms with Crippen LogP contribution < -0.4 is 18.9 Å². The maximum absolute atomic E-state index is 6.74. The van der Waals surface area contributed by atoms with Crippen LogP contribution in [0.3, 0.4) is 0 Å². The van der Waals surface area contributed by atoms with Crippen molar-refractivity contribution in [2.45, 2.75) is 0 Å². The predicted molar refractivity (Wildman–Crippen MR) is 315 cm³/mol. The Morgan fingerprint density at radius 3 is 0.975 bits per heavy atom. The summed E-state index contributed by atoms with van der Waals surface area (Å²) < 4.78 is 30.9. The monoisotopic (exact) mass is 1110 g/mol. The Morgan fingerprint density at radius 1 is 0.275 bits per heavy atom. The van der Waals surface area contributed by atoms with E-state index in [4.69, 9.17) is 68.8 Å². The van der Waals surface area contributed by atoms with Gasteiger partial charge in [0.25, 0.3) is 20.8 Å². The van der Waals surface area contributed by atoms with Crippen LogP contribution in [0.2, 0.25) is 0 Å². The van der Waals surface area contributed by atoms with Crippen molar-refractivity contribution >= 4 is 130 Å². The van der Waals surface area contributed by atoms with Crippen molar-refractivity contribution in [2.24, 2.45) is 0 Å². The van der Waals surface area contributed by atoms with Crippen LogP contribution in [-0.4, -0.2) is 59.8 Å². The van der Waals surface area contributed by atoms with Crippen LogP contribution in [0.25, 0.3) is 131 Å². The lowest BCUT2D eigenvalue weighted by molar-refractivity contribution is 0.481. The van der Waals surface area contributed by atoms with Gasteiger partial charge in [-0.3, -0.25) is 0 Å². The number of nitrogens with one attached hydrogen (secondary N) is 2. The zero-order valence-electron chi connectivity index (χ0n) is 40.9. The molecule has 378 valence electrons. The van der Waals surface area contributed by atoms with Crippen LogP contribution in [0.1, 0.15) is 0 Å². The molecule has 17 rings (SSSR count). The molecule has 2 N–H and O–H groups in total. The van der Waals surface area contributed by atoms with E-state index in [1.165, 1.54) is 45.3 Å². The number of hydrogen-bond acceptors (Lipinski definition) is 18. The molecule has 2 aliphatic rings. The molecule has 0 fully saturated rings. The van der Waals surface area contributed by atoms with Crippen molar-refractivity contribution in [3.05, 3.63) is 170 Å². The molecule has 20 heteroatoms. The highest BCUT2D eigenvalue weighted by Gasteiger charge is 2.29. The highest BCUT2D eigenvalue weighted by Crippen LogP contribution is 2.48. The fourth-order valence-electron chi connectivity index (χ4n) is 10.2. The molecule has 8 bridgehead atoms. The first-order valence-electron chi connectivity index (χ1n) is 25.0. The molecule has 16 nitrogen and oxygen atoms in total. The van der Waals surface area contributed by atoms with Crippen molar-refractivity contribution in [1.29, 1.82) is 0 Å². The van der Waals surface area contributed by atoms with Crippen molar-refractivity contribution in [2.75, 3.05) is 0 Å². The number of hydrogen-bond donors (Lipinski definition) is 2. The number of H-pyrrole nitrogens is 2. The summed E-state index contributed by atoms with van der Waals surface area (Å²) in [6, 6.07) is 54.8. The number of ether oxygens (including phenoxy) is 4. The molecule has 0 atom stereocenters. The number of aromatic nitrogens is 12. The fourth-order valence-corrected chi connectivity index (χ4v) is 13.5. The van der Waals surface area contributed by atoms with E-state index in [1.54, 1.807) is 0 Å². The van der Waals surface area contributed by atoms with Gasteiger partial charge in [0.15, 0.2) is 23.3 Å². The lowest BCUT2D eigenvalue weighted by atomic mass is 10.1. The van der Waals surface area contributed by atoms with E-state index in [1.807, 2.05) is 170 Å². The second kappa shape index (κ2) is 17.7. The van der Waals surface area contributed by atoms with Crippen molar-refractivity contribution in [3.63, 3.8) is 0 Å². The average Bonchev–Trinajstić information content (AvgIpc) is 4.44. The molecule has 8 aromatic carbocycles. The molecule has 0 aliphatic carbocycles. The number of para-hydroxylation sites is 4. The van der Waals surface area contributed by atoms with Gasteiger partial charge < -0.3 is 28.9 Å². The molecule has 15 aromatic rings. The lowest BCUT2D eigenvalue weighted by Crippen LogP contribution is -1.90. The van der Waals surface area contributed by atoms with Crippen LogP contribution in [0.4, 0.5) is 0 Å². The summed E-state index contributed by atoms with van der Waals surface area (Å²) in [7, 11) is 0. The van der Waals surface area contributed by atoms with Crippen molar-refractivity contribution < 1.29 is 18.9 Å². The molecule has 0 spiro atoms. The third kappa shape index (κ3) is 7.45. The Hall–Kier alpha value is -10.1. The van der Waals surface area contributed by atoms with Gasteiger partial charge in [0.05, 0.1) is 62.8 Å². The van der Waals surface area contributed by atoms with Gasteiger partial charge in [-0.2, -0.15) is 0 Å². The van der Waals surface area contributed by atoms with Gasteiger partial charge in [0.2, 0.25) is 0 Å². The molecule has 7 aromatic heterocycles. The van der Waals surface area contributed by atoms with Gasteiger partial charge in [-0.25, -0.2) is 49.8 Å². The lowest BCUT2D eigenvalue weighted by Gasteiger charge is -2.07. The maximum Gasteiger partial charge on any atom is 0.279 e. The molecule has 2 aliphatic heterocycles. The maximum atomic E-state index is 6.74. The van der Waals surface area contributed by atoms with Gasteiger partial charge in [-0.15, -0.1) is 0 Å². The minimum Gasteiger partial charge on any atom is -0.430 e. The first kappa shape index (κ1) is 45.0. The van der Waals surface area contributed by atoms with Gasteiger partial charge in [0.1, 0.15) is 45.6 Å². The summed E-state index contributed by atoms with van der Waals surface area (Å²) in [5, 5.41) is 4.53. The summed E-state index contributed by atoms with van der Waals surface area (Å²) in [5.41, 5.74) is 7.61. The molecule has 0 radical (unpaired) electrons. The molecular weight excluding hydrogens is 1080 g/mol. The molecular formula is C60H30N12O4S4. The summed E-state index contributed by atoms with van der Waals surface area (Å²) in [6.45, 7) is 0. The van der Waals surface area contributed by atoms with E-state index in [-0.39, 0.29) is 0 Å². The third-order valence-corrected chi connectivity index (χ3v) is 17.3. The van der Waals surface area contributed by atoms with Crippen LogP contribution in [0, 0.1) is 0 Å². The predicted octanol–water partition coefficient (Wildman–Crippen LogP) is 16.5. The SMILES string of the molecule is c1cc(Oc2nc3ccccc3s2)c2c(c1)-c1nc-2nc2[nH]c(nc3nc(nc4[nH]c(n1)c1c(Oc5nc6ccccc6s5)cccc41)-c1c(Oc4nc5ccccc5s4)cccc1-3)c1c(Oc3nc4ccccc4s3)cccc21. The average molecular weight is 1110 g/mol. The molecule has 0 amide bonds. The number of thiazole rings is 4. The van der Waals surface area contributed by atoms with Crippen molar-refractivity contribution in [3.8, 4) is 89.3 Å². The Morgan fingerprint density at radius 2 is 0.600 bits per heavy atom. The number of nitrogens with zero attached hydrogens (tertiary/aromatic N) is 10. The minimum absolute atomic E-state index is 0.331. The summed E-state index contributed by atoms with van der Waals surface area (Å²) in [6.07, 6.45) is 0. The van der Waals surface area contributed by atoms with Crippen LogP contribution in [-0.2, 0) is 0 Å². The Balaban J connectivity index is 0.953. The van der Waals surface area contributed by atoms with E-state index in [0.717, 1.165) is 40.9 Å². The highest BCUT2D eigenvalue weighted by molar-refractivity contribution is 7.21. The number of rotatable bonds is 8. The van der Waals surface area contributed by atoms with E-state index in [9.17, 15) is 0 Å². The van der Waals surface area contributed by atoms with Gasteiger partial charge in [-0.1, -0.05) is 142 Å². The highest BCUT2D eigenvalue weighted by atomic mass is 32.1. The zero-order chi connectivity index (χ0) is 52.4. The van der Waals surface area contributed by atoms with Crippen molar-refractivity contribution in [1.82, 2.24) is 59.8 Å². The van der Waals surface area contributed by atoms with Gasteiger partial charge in [0, 0.05) is 21.9 Å². The summed E-state index contributed by atoms with van der Waals surface area (Å²) in [5.74, 6) is 3.36. The molecule has 0 unspecified atom stereocenters. The van der Waals surface area contributed by atoms with Gasteiger partial charge in [-0.05, 0) is 72.8 Å². The number of fused-ring (bicyclic) bond motifs is 24. The van der Waals surface area contributed by atoms with E-state index < -0.39 is 0 Å². The zero-order valence-corrected chi connectivity index (χ0v) is 44.2. The topological polar surface area (TPSA) is 197 Å². The van der Waals surface area contributed by atoms with E-state index >= 15 is 0 Å². The largest absolute Gasteiger partial charge is 0.430 e. The summed E-state index contributed by atoms with van der Waals surface area (Å²) in [4.78, 5) is 58.6. The van der Waals surface area contributed by atoms with Crippen LogP contribution in [0.15, 0.2) is 170 Å². The fraction of sp³-hybridized carbons (Fsp3) is 0. The normalized spacial score (nSPS) is 12.0. The number of benzene rings is 8.